The Kier molecular flexibility index (Phi) is 4.18. The first-order valence-corrected chi connectivity index (χ1v) is 3.62. The van der Waals surface area contributed by atoms with Gasteiger partial charge in [0.25, 0.3) is 0 Å². The Morgan fingerprint density at radius 1 is 2.00 bits per heavy atom. The third-order valence-corrected chi connectivity index (χ3v) is 1.03. The lowest BCUT2D eigenvalue weighted by atomic mass is 10.5. The number of hydrogen-bond acceptors (Lipinski definition) is 1. The average molecular weight is 197 g/mol. The Morgan fingerprint density at radius 3 is 2.62 bits per heavy atom. The third kappa shape index (κ3) is 6.17. The van der Waals surface area contributed by atoms with Crippen molar-refractivity contribution in [2.75, 3.05) is 6.54 Å². The minimum Gasteiger partial charge on any atom is -0.376 e. The Balaban J connectivity index is 3.05. The Morgan fingerprint density at radius 2 is 2.50 bits per heavy atom. The molecule has 8 heavy (non-hydrogen) atoms. The summed E-state index contributed by atoms with van der Waals surface area (Å²) in [6, 6.07) is 0. The molecule has 0 bridgehead atoms. The summed E-state index contributed by atoms with van der Waals surface area (Å²) in [5.41, 5.74) is 5.14. The molecule has 0 aromatic carbocycles. The van der Waals surface area contributed by atoms with Crippen LogP contribution in [0, 0.1) is 0 Å². The Labute approximate surface area is 63.0 Å². The van der Waals surface area contributed by atoms with Crippen LogP contribution in [0.15, 0.2) is 0 Å². The van der Waals surface area contributed by atoms with Crippen LogP contribution in [0.25, 0.3) is 0 Å². The molecule has 0 spiro atoms. The van der Waals surface area contributed by atoms with Crippen LogP contribution in [0.3, 0.4) is 0 Å². The number of alkyl halides is 1. The number of halogens is 1. The van der Waals surface area contributed by atoms with E-state index in [0.29, 0.717) is 9.94 Å². The number of nitrogens with two attached hydrogens (primary N) is 1. The molecule has 4 heteroatoms. The summed E-state index contributed by atoms with van der Waals surface area (Å²) >= 11 is 7.88. The van der Waals surface area contributed by atoms with E-state index in [0.717, 1.165) is 6.54 Å². The van der Waals surface area contributed by atoms with Crippen molar-refractivity contribution >= 4 is 33.3 Å². The molecule has 0 aliphatic rings. The van der Waals surface area contributed by atoms with E-state index in [4.69, 9.17) is 5.73 Å². The fourth-order valence-electron chi connectivity index (χ4n) is 0.241. The van der Waals surface area contributed by atoms with Gasteiger partial charge in [-0.05, 0) is 12.2 Å². The van der Waals surface area contributed by atoms with Crippen LogP contribution in [-0.4, -0.2) is 16.5 Å². The highest BCUT2D eigenvalue weighted by Gasteiger charge is 1.92. The van der Waals surface area contributed by atoms with Gasteiger partial charge in [-0.1, -0.05) is 22.9 Å². The maximum absolute atomic E-state index is 5.14. The fourth-order valence-corrected chi connectivity index (χ4v) is 0.486. The van der Waals surface area contributed by atoms with Crippen molar-refractivity contribution in [2.45, 2.75) is 11.8 Å². The predicted molar refractivity (Wildman–Crippen MR) is 43.2 cm³/mol. The minimum absolute atomic E-state index is 0.358. The normalized spacial score (nSPS) is 12.8. The average Bonchev–Trinajstić information content (AvgIpc) is 1.61. The first-order valence-electron chi connectivity index (χ1n) is 2.30. The van der Waals surface area contributed by atoms with Gasteiger partial charge in [0.2, 0.25) is 0 Å². The Bertz CT molecular complexity index is 84.1. The zero-order chi connectivity index (χ0) is 6.57. The fraction of sp³-hybridized carbons (Fsp3) is 0.750. The molecule has 2 nitrogen and oxygen atoms in total. The maximum atomic E-state index is 5.14. The summed E-state index contributed by atoms with van der Waals surface area (Å²) in [5.74, 6) is 0. The molecular formula is C4H9BrN2S. The molecule has 0 amide bonds. The van der Waals surface area contributed by atoms with E-state index in [2.05, 4.69) is 33.5 Å². The van der Waals surface area contributed by atoms with Gasteiger partial charge in [0.1, 0.15) is 0 Å². The zero-order valence-corrected chi connectivity index (χ0v) is 7.05. The molecule has 0 aliphatic carbocycles. The van der Waals surface area contributed by atoms with E-state index in [9.17, 15) is 0 Å². The molecule has 0 aromatic rings. The molecule has 1 unspecified atom stereocenters. The molecule has 0 radical (unpaired) electrons. The number of rotatable bonds is 2. The molecule has 0 fully saturated rings. The standard InChI is InChI=1S/C4H9BrN2S/c1-3(5)2-7-4(6)8/h3H,2H2,1H3,(H3,6,7,8). The third-order valence-electron chi connectivity index (χ3n) is 0.558. The minimum atomic E-state index is 0.358. The first-order chi connectivity index (χ1) is 3.63. The quantitative estimate of drug-likeness (QED) is 0.503. The molecule has 3 N–H and O–H groups in total. The van der Waals surface area contributed by atoms with E-state index in [1.54, 1.807) is 0 Å². The molecule has 0 rings (SSSR count). The lowest BCUT2D eigenvalue weighted by Crippen LogP contribution is -2.32. The topological polar surface area (TPSA) is 38.0 Å². The van der Waals surface area contributed by atoms with Crippen LogP contribution >= 0.6 is 28.1 Å². The van der Waals surface area contributed by atoms with Gasteiger partial charge in [-0.2, -0.15) is 0 Å². The van der Waals surface area contributed by atoms with Crippen LogP contribution in [0.5, 0.6) is 0 Å². The molecule has 0 saturated carbocycles. The molecule has 0 saturated heterocycles. The molecule has 0 heterocycles. The molecule has 0 aliphatic heterocycles. The maximum Gasteiger partial charge on any atom is 0.163 e. The number of thiocarbonyl (C=S) groups is 1. The summed E-state index contributed by atoms with van der Waals surface area (Å²) in [7, 11) is 0. The van der Waals surface area contributed by atoms with Gasteiger partial charge < -0.3 is 11.1 Å². The van der Waals surface area contributed by atoms with Gasteiger partial charge in [0, 0.05) is 11.4 Å². The van der Waals surface area contributed by atoms with Crippen molar-refractivity contribution < 1.29 is 0 Å². The van der Waals surface area contributed by atoms with Gasteiger partial charge in [0.15, 0.2) is 5.11 Å². The lowest BCUT2D eigenvalue weighted by Gasteiger charge is -2.03. The second-order valence-corrected chi connectivity index (χ2v) is 3.53. The first kappa shape index (κ1) is 8.17. The van der Waals surface area contributed by atoms with Crippen molar-refractivity contribution in [1.29, 1.82) is 0 Å². The lowest BCUT2D eigenvalue weighted by molar-refractivity contribution is 0.870. The Hall–Kier alpha value is 0.170. The monoisotopic (exact) mass is 196 g/mol. The van der Waals surface area contributed by atoms with Crippen molar-refractivity contribution in [3.05, 3.63) is 0 Å². The van der Waals surface area contributed by atoms with Crippen LogP contribution < -0.4 is 11.1 Å². The van der Waals surface area contributed by atoms with Crippen LogP contribution in [0.1, 0.15) is 6.92 Å². The van der Waals surface area contributed by atoms with E-state index < -0.39 is 0 Å². The highest BCUT2D eigenvalue weighted by molar-refractivity contribution is 9.09. The summed E-state index contributed by atoms with van der Waals surface area (Å²) in [4.78, 5) is 0.420. The van der Waals surface area contributed by atoms with Crippen molar-refractivity contribution in [2.24, 2.45) is 5.73 Å². The molecule has 48 valence electrons. The van der Waals surface area contributed by atoms with Gasteiger partial charge in [-0.25, -0.2) is 0 Å². The molecular weight excluding hydrogens is 188 g/mol. The summed E-state index contributed by atoms with van der Waals surface area (Å²) < 4.78 is 0. The van der Waals surface area contributed by atoms with Crippen molar-refractivity contribution in [3.8, 4) is 0 Å². The SMILES string of the molecule is CC(Br)CNC(N)=S. The molecule has 1 atom stereocenters. The van der Waals surface area contributed by atoms with Crippen molar-refractivity contribution in [3.63, 3.8) is 0 Å². The number of hydrogen-bond donors (Lipinski definition) is 2. The predicted octanol–water partition coefficient (Wildman–Crippen LogP) is 0.603. The second-order valence-electron chi connectivity index (χ2n) is 1.53. The second kappa shape index (κ2) is 4.09. The molecule has 0 aromatic heterocycles. The summed E-state index contributed by atoms with van der Waals surface area (Å²) in [6.45, 7) is 2.81. The van der Waals surface area contributed by atoms with Crippen LogP contribution in [0.4, 0.5) is 0 Å². The highest BCUT2D eigenvalue weighted by atomic mass is 79.9. The van der Waals surface area contributed by atoms with Crippen molar-refractivity contribution in [1.82, 2.24) is 5.32 Å². The van der Waals surface area contributed by atoms with E-state index >= 15 is 0 Å². The van der Waals surface area contributed by atoms with E-state index in [1.165, 1.54) is 0 Å². The highest BCUT2D eigenvalue weighted by Crippen LogP contribution is 1.92. The van der Waals surface area contributed by atoms with Crippen LogP contribution in [-0.2, 0) is 0 Å². The van der Waals surface area contributed by atoms with Gasteiger partial charge >= 0.3 is 0 Å². The van der Waals surface area contributed by atoms with Crippen LogP contribution in [0.2, 0.25) is 0 Å². The largest absolute Gasteiger partial charge is 0.376 e. The van der Waals surface area contributed by atoms with Gasteiger partial charge in [-0.15, -0.1) is 0 Å². The summed E-state index contributed by atoms with van der Waals surface area (Å²) in [6.07, 6.45) is 0. The van der Waals surface area contributed by atoms with E-state index in [-0.39, 0.29) is 0 Å². The van der Waals surface area contributed by atoms with E-state index in [1.807, 2.05) is 6.92 Å². The number of nitrogens with one attached hydrogen (secondary N) is 1. The van der Waals surface area contributed by atoms with Gasteiger partial charge in [0.05, 0.1) is 0 Å². The zero-order valence-electron chi connectivity index (χ0n) is 4.65. The summed E-state index contributed by atoms with van der Waals surface area (Å²) in [5, 5.41) is 3.16. The van der Waals surface area contributed by atoms with Gasteiger partial charge in [-0.3, -0.25) is 0 Å². The smallest absolute Gasteiger partial charge is 0.163 e.